The smallest absolute Gasteiger partial charge is 0.0891 e. The number of hydrogen-bond donors (Lipinski definition) is 1. The summed E-state index contributed by atoms with van der Waals surface area (Å²) in [6.45, 7) is 10.2. The van der Waals surface area contributed by atoms with Crippen LogP contribution in [0.4, 0.5) is 0 Å². The van der Waals surface area contributed by atoms with Gasteiger partial charge in [0.2, 0.25) is 0 Å². The summed E-state index contributed by atoms with van der Waals surface area (Å²) in [5.74, 6) is 0. The Morgan fingerprint density at radius 1 is 1.14 bits per heavy atom. The van der Waals surface area contributed by atoms with E-state index in [1.165, 1.54) is 31.2 Å². The van der Waals surface area contributed by atoms with Crippen LogP contribution >= 0.6 is 0 Å². The summed E-state index contributed by atoms with van der Waals surface area (Å²) in [4.78, 5) is 4.47. The predicted octanol–water partition coefficient (Wildman–Crippen LogP) is 4.46. The quantitative estimate of drug-likeness (QED) is 0.612. The van der Waals surface area contributed by atoms with Crippen molar-refractivity contribution >= 4 is 0 Å². The number of nitrogens with one attached hydrogen (secondary N) is 1. The Morgan fingerprint density at radius 3 is 2.57 bits per heavy atom. The second-order valence-electron chi connectivity index (χ2n) is 6.16. The van der Waals surface area contributed by atoms with Crippen LogP contribution in [0.2, 0.25) is 0 Å². The van der Waals surface area contributed by atoms with Crippen LogP contribution < -0.4 is 5.32 Å². The summed E-state index contributed by atoms with van der Waals surface area (Å²) in [7, 11) is 0. The van der Waals surface area contributed by atoms with Crippen molar-refractivity contribution in [1.82, 2.24) is 10.3 Å². The highest BCUT2D eigenvalue weighted by Gasteiger charge is 2.04. The molecule has 0 radical (unpaired) electrons. The summed E-state index contributed by atoms with van der Waals surface area (Å²) in [5, 5.41) is 3.39. The van der Waals surface area contributed by atoms with Crippen LogP contribution in [0.15, 0.2) is 18.3 Å². The van der Waals surface area contributed by atoms with Gasteiger partial charge in [0.1, 0.15) is 0 Å². The van der Waals surface area contributed by atoms with Gasteiger partial charge in [-0.3, -0.25) is 4.98 Å². The molecular formula is C18H32N2O. The van der Waals surface area contributed by atoms with Crippen LogP contribution in [-0.2, 0) is 17.9 Å². The topological polar surface area (TPSA) is 34.1 Å². The Balaban J connectivity index is 2.22. The molecule has 1 rings (SSSR count). The summed E-state index contributed by atoms with van der Waals surface area (Å²) >= 11 is 0. The molecule has 0 aliphatic carbocycles. The highest BCUT2D eigenvalue weighted by molar-refractivity contribution is 5.13. The predicted molar refractivity (Wildman–Crippen MR) is 89.2 cm³/mol. The first-order chi connectivity index (χ1) is 10.1. The van der Waals surface area contributed by atoms with Gasteiger partial charge in [-0.05, 0) is 25.0 Å². The highest BCUT2D eigenvalue weighted by atomic mass is 16.5. The number of pyridine rings is 1. The third kappa shape index (κ3) is 8.84. The minimum atomic E-state index is 0.325. The van der Waals surface area contributed by atoms with Gasteiger partial charge >= 0.3 is 0 Å². The normalized spacial score (nSPS) is 12.8. The Kier molecular flexibility index (Phi) is 9.27. The lowest BCUT2D eigenvalue weighted by atomic mass is 10.1. The van der Waals surface area contributed by atoms with Gasteiger partial charge in [-0.25, -0.2) is 0 Å². The van der Waals surface area contributed by atoms with E-state index in [0.29, 0.717) is 18.8 Å². The van der Waals surface area contributed by atoms with E-state index < -0.39 is 0 Å². The molecule has 1 aromatic rings. The van der Waals surface area contributed by atoms with Crippen LogP contribution in [0.25, 0.3) is 0 Å². The summed E-state index contributed by atoms with van der Waals surface area (Å²) in [6, 6.07) is 4.70. The maximum atomic E-state index is 5.87. The zero-order valence-electron chi connectivity index (χ0n) is 14.2. The maximum Gasteiger partial charge on any atom is 0.0891 e. The van der Waals surface area contributed by atoms with Crippen molar-refractivity contribution < 1.29 is 4.74 Å². The average molecular weight is 292 g/mol. The Bertz CT molecular complexity index is 362. The molecule has 1 heterocycles. The first-order valence-electron chi connectivity index (χ1n) is 8.40. The lowest BCUT2D eigenvalue weighted by Gasteiger charge is -2.13. The number of unbranched alkanes of at least 4 members (excludes halogenated alkanes) is 3. The average Bonchev–Trinajstić information content (AvgIpc) is 2.48. The summed E-state index contributed by atoms with van der Waals surface area (Å²) in [6.07, 6.45) is 8.63. The Labute approximate surface area is 130 Å². The number of hydrogen-bond acceptors (Lipinski definition) is 3. The highest BCUT2D eigenvalue weighted by Crippen LogP contribution is 2.10. The van der Waals surface area contributed by atoms with Gasteiger partial charge in [0.25, 0.3) is 0 Å². The molecule has 0 amide bonds. The van der Waals surface area contributed by atoms with Crippen molar-refractivity contribution in [2.75, 3.05) is 0 Å². The molecule has 1 N–H and O–H groups in total. The van der Waals surface area contributed by atoms with Crippen LogP contribution in [0, 0.1) is 0 Å². The summed E-state index contributed by atoms with van der Waals surface area (Å²) < 4.78 is 5.87. The molecule has 0 fully saturated rings. The lowest BCUT2D eigenvalue weighted by Crippen LogP contribution is -2.21. The molecule has 0 saturated carbocycles. The third-order valence-electron chi connectivity index (χ3n) is 3.58. The molecule has 1 aromatic heterocycles. The number of nitrogens with zero attached hydrogens (tertiary/aromatic N) is 1. The standard InChI is InChI=1S/C18H32N2O/c1-5-6-7-8-9-16(4)21-14-18-11-10-17(13-20-18)12-19-15(2)3/h10-11,13,15-16,19H,5-9,12,14H2,1-4H3. The van der Waals surface area contributed by atoms with Crippen molar-refractivity contribution in [3.63, 3.8) is 0 Å². The van der Waals surface area contributed by atoms with Crippen molar-refractivity contribution in [3.8, 4) is 0 Å². The molecule has 0 aliphatic rings. The molecule has 0 bridgehead atoms. The van der Waals surface area contributed by atoms with E-state index in [1.54, 1.807) is 0 Å². The zero-order chi connectivity index (χ0) is 15.5. The van der Waals surface area contributed by atoms with Crippen molar-refractivity contribution in [2.45, 2.75) is 85.1 Å². The SMILES string of the molecule is CCCCCCC(C)OCc1ccc(CNC(C)C)cn1. The molecule has 0 spiro atoms. The second kappa shape index (κ2) is 10.7. The monoisotopic (exact) mass is 292 g/mol. The first-order valence-corrected chi connectivity index (χ1v) is 8.40. The van der Waals surface area contributed by atoms with E-state index >= 15 is 0 Å². The van der Waals surface area contributed by atoms with Crippen molar-refractivity contribution in [3.05, 3.63) is 29.6 Å². The van der Waals surface area contributed by atoms with Crippen molar-refractivity contribution in [1.29, 1.82) is 0 Å². The van der Waals surface area contributed by atoms with E-state index in [1.807, 2.05) is 6.20 Å². The number of ether oxygens (including phenoxy) is 1. The molecular weight excluding hydrogens is 260 g/mol. The molecule has 1 atom stereocenters. The zero-order valence-corrected chi connectivity index (χ0v) is 14.2. The molecule has 0 aliphatic heterocycles. The van der Waals surface area contributed by atoms with E-state index in [-0.39, 0.29) is 0 Å². The van der Waals surface area contributed by atoms with Crippen LogP contribution in [0.1, 0.15) is 71.1 Å². The van der Waals surface area contributed by atoms with Gasteiger partial charge in [0, 0.05) is 18.8 Å². The minimum Gasteiger partial charge on any atom is -0.372 e. The van der Waals surface area contributed by atoms with Crippen LogP contribution in [0.5, 0.6) is 0 Å². The lowest BCUT2D eigenvalue weighted by molar-refractivity contribution is 0.0440. The molecule has 21 heavy (non-hydrogen) atoms. The molecule has 3 heteroatoms. The number of aromatic nitrogens is 1. The van der Waals surface area contributed by atoms with Crippen LogP contribution in [-0.4, -0.2) is 17.1 Å². The Morgan fingerprint density at radius 2 is 1.95 bits per heavy atom. The van der Waals surface area contributed by atoms with E-state index in [0.717, 1.165) is 18.7 Å². The van der Waals surface area contributed by atoms with Crippen LogP contribution in [0.3, 0.4) is 0 Å². The number of rotatable bonds is 11. The largest absolute Gasteiger partial charge is 0.372 e. The molecule has 0 saturated heterocycles. The Hall–Kier alpha value is -0.930. The first kappa shape index (κ1) is 18.1. The molecule has 0 aromatic carbocycles. The van der Waals surface area contributed by atoms with Gasteiger partial charge in [0.15, 0.2) is 0 Å². The summed E-state index contributed by atoms with van der Waals surface area (Å²) in [5.41, 5.74) is 2.24. The van der Waals surface area contributed by atoms with Gasteiger partial charge < -0.3 is 10.1 Å². The second-order valence-corrected chi connectivity index (χ2v) is 6.16. The fourth-order valence-corrected chi connectivity index (χ4v) is 2.14. The van der Waals surface area contributed by atoms with Gasteiger partial charge in [-0.1, -0.05) is 52.5 Å². The van der Waals surface area contributed by atoms with Gasteiger partial charge in [-0.2, -0.15) is 0 Å². The molecule has 1 unspecified atom stereocenters. The molecule has 3 nitrogen and oxygen atoms in total. The molecule has 120 valence electrons. The third-order valence-corrected chi connectivity index (χ3v) is 3.58. The van der Waals surface area contributed by atoms with Crippen molar-refractivity contribution in [2.24, 2.45) is 0 Å². The van der Waals surface area contributed by atoms with E-state index in [9.17, 15) is 0 Å². The van der Waals surface area contributed by atoms with Gasteiger partial charge in [0.05, 0.1) is 18.4 Å². The minimum absolute atomic E-state index is 0.325. The van der Waals surface area contributed by atoms with Gasteiger partial charge in [-0.15, -0.1) is 0 Å². The van der Waals surface area contributed by atoms with E-state index in [4.69, 9.17) is 4.74 Å². The van der Waals surface area contributed by atoms with E-state index in [2.05, 4.69) is 50.1 Å². The fraction of sp³-hybridized carbons (Fsp3) is 0.722. The fourth-order valence-electron chi connectivity index (χ4n) is 2.14. The maximum absolute atomic E-state index is 5.87.